The molecule has 1 unspecified atom stereocenters. The summed E-state index contributed by atoms with van der Waals surface area (Å²) < 4.78 is 5.17. The second kappa shape index (κ2) is 11.4. The zero-order chi connectivity index (χ0) is 17.4. The van der Waals surface area contributed by atoms with Crippen LogP contribution in [0.25, 0.3) is 0 Å². The van der Waals surface area contributed by atoms with Crippen LogP contribution in [-0.4, -0.2) is 37.0 Å². The Hall–Kier alpha value is -1.26. The summed E-state index contributed by atoms with van der Waals surface area (Å²) in [6.45, 7) is 3.85. The largest absolute Gasteiger partial charge is 0.497 e. The van der Waals surface area contributed by atoms with Crippen molar-refractivity contribution in [3.63, 3.8) is 0 Å². The molecule has 1 aliphatic rings. The molecule has 1 amide bonds. The minimum atomic E-state index is 0. The fourth-order valence-electron chi connectivity index (χ4n) is 3.41. The second-order valence-electron chi connectivity index (χ2n) is 6.99. The van der Waals surface area contributed by atoms with E-state index in [1.54, 1.807) is 7.11 Å². The molecule has 1 atom stereocenters. The van der Waals surface area contributed by atoms with Crippen LogP contribution in [0.2, 0.25) is 0 Å². The highest BCUT2D eigenvalue weighted by Crippen LogP contribution is 2.20. The standard InChI is InChI=1S/C20H32N2O2.ClH/c1-16(21)18-12-14-22(15-13-18)20(23)7-5-3-4-6-17-8-10-19(24-2)11-9-17;/h8-11,16,18H,3-7,12-15,21H2,1-2H3;1H. The van der Waals surface area contributed by atoms with Gasteiger partial charge in [-0.25, -0.2) is 0 Å². The van der Waals surface area contributed by atoms with E-state index >= 15 is 0 Å². The molecule has 0 aliphatic carbocycles. The average molecular weight is 369 g/mol. The number of hydrogen-bond donors (Lipinski definition) is 1. The number of carbonyl (C=O) groups excluding carboxylic acids is 1. The molecule has 2 N–H and O–H groups in total. The molecule has 2 rings (SSSR count). The van der Waals surface area contributed by atoms with Gasteiger partial charge in [-0.2, -0.15) is 0 Å². The molecule has 4 nitrogen and oxygen atoms in total. The zero-order valence-electron chi connectivity index (χ0n) is 15.6. The van der Waals surface area contributed by atoms with Crippen LogP contribution < -0.4 is 10.5 Å². The van der Waals surface area contributed by atoms with Crippen LogP contribution in [0.1, 0.15) is 51.0 Å². The van der Waals surface area contributed by atoms with E-state index in [-0.39, 0.29) is 18.4 Å². The van der Waals surface area contributed by atoms with E-state index in [4.69, 9.17) is 10.5 Å². The predicted molar refractivity (Wildman–Crippen MR) is 105 cm³/mol. The van der Waals surface area contributed by atoms with Crippen LogP contribution >= 0.6 is 12.4 Å². The van der Waals surface area contributed by atoms with Crippen molar-refractivity contribution in [1.29, 1.82) is 0 Å². The number of benzene rings is 1. The number of piperidine rings is 1. The summed E-state index contributed by atoms with van der Waals surface area (Å²) in [7, 11) is 1.69. The predicted octanol–water partition coefficient (Wildman–Crippen LogP) is 3.81. The molecule has 1 saturated heterocycles. The highest BCUT2D eigenvalue weighted by atomic mass is 35.5. The van der Waals surface area contributed by atoms with Crippen molar-refractivity contribution < 1.29 is 9.53 Å². The van der Waals surface area contributed by atoms with Crippen molar-refractivity contribution in [3.8, 4) is 5.75 Å². The van der Waals surface area contributed by atoms with E-state index in [9.17, 15) is 4.79 Å². The molecule has 25 heavy (non-hydrogen) atoms. The van der Waals surface area contributed by atoms with E-state index in [0.717, 1.165) is 57.4 Å². The number of hydrogen-bond acceptors (Lipinski definition) is 3. The van der Waals surface area contributed by atoms with Gasteiger partial charge in [-0.1, -0.05) is 18.6 Å². The van der Waals surface area contributed by atoms with Crippen LogP contribution in [0.15, 0.2) is 24.3 Å². The van der Waals surface area contributed by atoms with Gasteiger partial charge in [0.25, 0.3) is 0 Å². The summed E-state index contributed by atoms with van der Waals surface area (Å²) in [5.41, 5.74) is 7.29. The molecule has 142 valence electrons. The van der Waals surface area contributed by atoms with Crippen molar-refractivity contribution in [3.05, 3.63) is 29.8 Å². The third-order valence-corrected chi connectivity index (χ3v) is 5.15. The molecule has 0 radical (unpaired) electrons. The summed E-state index contributed by atoms with van der Waals surface area (Å²) in [6.07, 6.45) is 7.09. The third-order valence-electron chi connectivity index (χ3n) is 5.15. The van der Waals surface area contributed by atoms with E-state index in [2.05, 4.69) is 19.1 Å². The smallest absolute Gasteiger partial charge is 0.222 e. The Bertz CT molecular complexity index is 497. The quantitative estimate of drug-likeness (QED) is 0.710. The molecule has 5 heteroatoms. The highest BCUT2D eigenvalue weighted by molar-refractivity contribution is 5.85. The Kier molecular flexibility index (Phi) is 9.91. The average Bonchev–Trinajstić information content (AvgIpc) is 2.62. The van der Waals surface area contributed by atoms with Crippen LogP contribution in [0.5, 0.6) is 5.75 Å². The number of nitrogens with two attached hydrogens (primary N) is 1. The van der Waals surface area contributed by atoms with E-state index in [0.29, 0.717) is 18.2 Å². The first kappa shape index (κ1) is 21.8. The lowest BCUT2D eigenvalue weighted by molar-refractivity contribution is -0.132. The second-order valence-corrected chi connectivity index (χ2v) is 6.99. The van der Waals surface area contributed by atoms with Gasteiger partial charge in [0.1, 0.15) is 5.75 Å². The van der Waals surface area contributed by atoms with Crippen LogP contribution in [0, 0.1) is 5.92 Å². The SMILES string of the molecule is COc1ccc(CCCCCC(=O)N2CCC(C(C)N)CC2)cc1.Cl. The number of aryl methyl sites for hydroxylation is 1. The lowest BCUT2D eigenvalue weighted by Crippen LogP contribution is -2.42. The summed E-state index contributed by atoms with van der Waals surface area (Å²) >= 11 is 0. The Morgan fingerprint density at radius 3 is 2.40 bits per heavy atom. The van der Waals surface area contributed by atoms with Crippen LogP contribution in [0.4, 0.5) is 0 Å². The molecule has 0 aromatic heterocycles. The summed E-state index contributed by atoms with van der Waals surface area (Å²) in [6, 6.07) is 8.49. The Morgan fingerprint density at radius 1 is 1.20 bits per heavy atom. The monoisotopic (exact) mass is 368 g/mol. The van der Waals surface area contributed by atoms with Crippen LogP contribution in [0.3, 0.4) is 0 Å². The molecule has 1 aromatic carbocycles. The van der Waals surface area contributed by atoms with Gasteiger partial charge in [0.2, 0.25) is 5.91 Å². The Labute approximate surface area is 158 Å². The fraction of sp³-hybridized carbons (Fsp3) is 0.650. The van der Waals surface area contributed by atoms with Gasteiger partial charge >= 0.3 is 0 Å². The maximum absolute atomic E-state index is 12.3. The van der Waals surface area contributed by atoms with Gasteiger partial charge in [-0.3, -0.25) is 4.79 Å². The number of halogens is 1. The first-order valence-electron chi connectivity index (χ1n) is 9.26. The summed E-state index contributed by atoms with van der Waals surface area (Å²) in [4.78, 5) is 14.3. The molecular formula is C20H33ClN2O2. The topological polar surface area (TPSA) is 55.6 Å². The number of ether oxygens (including phenoxy) is 1. The Balaban J connectivity index is 0.00000312. The van der Waals surface area contributed by atoms with Crippen molar-refractivity contribution in [2.75, 3.05) is 20.2 Å². The first-order valence-corrected chi connectivity index (χ1v) is 9.26. The normalized spacial score (nSPS) is 16.2. The lowest BCUT2D eigenvalue weighted by Gasteiger charge is -2.33. The van der Waals surface area contributed by atoms with E-state index in [1.165, 1.54) is 5.56 Å². The minimum Gasteiger partial charge on any atom is -0.497 e. The number of likely N-dealkylation sites (tertiary alicyclic amines) is 1. The molecule has 0 spiro atoms. The van der Waals surface area contributed by atoms with Crippen LogP contribution in [-0.2, 0) is 11.2 Å². The van der Waals surface area contributed by atoms with Crippen molar-refractivity contribution in [2.24, 2.45) is 11.7 Å². The van der Waals surface area contributed by atoms with Crippen molar-refractivity contribution in [1.82, 2.24) is 4.90 Å². The van der Waals surface area contributed by atoms with E-state index < -0.39 is 0 Å². The summed E-state index contributed by atoms with van der Waals surface area (Å²) in [5.74, 6) is 1.80. The number of nitrogens with zero attached hydrogens (tertiary/aromatic N) is 1. The number of unbranched alkanes of at least 4 members (excludes halogenated alkanes) is 2. The van der Waals surface area contributed by atoms with E-state index in [1.807, 2.05) is 17.0 Å². The molecule has 1 aromatic rings. The van der Waals surface area contributed by atoms with Crippen molar-refractivity contribution >= 4 is 18.3 Å². The summed E-state index contributed by atoms with van der Waals surface area (Å²) in [5, 5.41) is 0. The maximum atomic E-state index is 12.3. The zero-order valence-corrected chi connectivity index (χ0v) is 16.4. The van der Waals surface area contributed by atoms with Crippen molar-refractivity contribution in [2.45, 2.75) is 57.9 Å². The molecular weight excluding hydrogens is 336 g/mol. The third kappa shape index (κ3) is 7.25. The molecule has 1 heterocycles. The van der Waals surface area contributed by atoms with Gasteiger partial charge in [-0.15, -0.1) is 12.4 Å². The lowest BCUT2D eigenvalue weighted by atomic mass is 9.91. The number of amides is 1. The van der Waals surface area contributed by atoms with Gasteiger partial charge < -0.3 is 15.4 Å². The van der Waals surface area contributed by atoms with Gasteiger partial charge in [0, 0.05) is 25.6 Å². The fourth-order valence-corrected chi connectivity index (χ4v) is 3.41. The minimum absolute atomic E-state index is 0. The number of rotatable bonds is 8. The van der Waals surface area contributed by atoms with Gasteiger partial charge in [-0.05, 0) is 62.6 Å². The van der Waals surface area contributed by atoms with Gasteiger partial charge in [0.15, 0.2) is 0 Å². The molecule has 0 saturated carbocycles. The highest BCUT2D eigenvalue weighted by Gasteiger charge is 2.24. The molecule has 1 aliphatic heterocycles. The Morgan fingerprint density at radius 2 is 1.84 bits per heavy atom. The number of methoxy groups -OCH3 is 1. The van der Waals surface area contributed by atoms with Gasteiger partial charge in [0.05, 0.1) is 7.11 Å². The first-order chi connectivity index (χ1) is 11.6. The maximum Gasteiger partial charge on any atom is 0.222 e. The number of carbonyl (C=O) groups is 1. The molecule has 1 fully saturated rings. The molecule has 0 bridgehead atoms.